The summed E-state index contributed by atoms with van der Waals surface area (Å²) in [6.45, 7) is 6.36. The van der Waals surface area contributed by atoms with Gasteiger partial charge in [0.05, 0.1) is 37.3 Å². The molecule has 0 spiro atoms. The van der Waals surface area contributed by atoms with Crippen molar-refractivity contribution in [2.24, 2.45) is 16.6 Å². The molecule has 5 heterocycles. The molecule has 0 saturated carbocycles. The zero-order chi connectivity index (χ0) is 30.5. The van der Waals surface area contributed by atoms with Gasteiger partial charge in [-0.05, 0) is 75.4 Å². The third-order valence-corrected chi connectivity index (χ3v) is 9.61. The molecule has 2 amide bonds. The van der Waals surface area contributed by atoms with Crippen LogP contribution < -0.4 is 20.5 Å². The second-order valence-corrected chi connectivity index (χ2v) is 12.9. The van der Waals surface area contributed by atoms with Gasteiger partial charge in [0, 0.05) is 29.7 Å². The molecule has 10 nitrogen and oxygen atoms in total. The first-order chi connectivity index (χ1) is 20.6. The Kier molecular flexibility index (Phi) is 7.62. The molecule has 7 rings (SSSR count). The van der Waals surface area contributed by atoms with E-state index >= 15 is 0 Å². The van der Waals surface area contributed by atoms with Crippen LogP contribution in [0.4, 0.5) is 0 Å². The lowest BCUT2D eigenvalue weighted by Crippen LogP contribution is -2.55. The number of guanidine groups is 1. The molecule has 0 unspecified atom stereocenters. The zero-order valence-corrected chi connectivity index (χ0v) is 25.4. The zero-order valence-electron chi connectivity index (χ0n) is 25.4. The number of aryl methyl sites for hydroxylation is 1. The molecule has 6 bridgehead atoms. The average molecular weight is 591 g/mol. The third-order valence-electron chi connectivity index (χ3n) is 9.61. The summed E-state index contributed by atoms with van der Waals surface area (Å²) in [6, 6.07) is 10.0. The Labute approximate surface area is 252 Å². The van der Waals surface area contributed by atoms with Crippen molar-refractivity contribution < 1.29 is 28.9 Å². The maximum absolute atomic E-state index is 14.0. The molecule has 2 aromatic carbocycles. The molecule has 2 aromatic rings. The number of amides is 2. The molecule has 0 fully saturated rings. The van der Waals surface area contributed by atoms with Crippen molar-refractivity contribution in [3.8, 4) is 11.5 Å². The van der Waals surface area contributed by atoms with Gasteiger partial charge in [-0.15, -0.1) is 0 Å². The maximum Gasteiger partial charge on any atom is 0.251 e. The molecule has 5 atom stereocenters. The van der Waals surface area contributed by atoms with Crippen LogP contribution in [0, 0.1) is 5.92 Å². The van der Waals surface area contributed by atoms with E-state index in [-0.39, 0.29) is 30.1 Å². The number of ether oxygens (including phenoxy) is 3. The molecule has 0 radical (unpaired) electrons. The van der Waals surface area contributed by atoms with Crippen molar-refractivity contribution in [3.05, 3.63) is 58.7 Å². The van der Waals surface area contributed by atoms with Crippen molar-refractivity contribution in [1.82, 2.24) is 10.2 Å². The van der Waals surface area contributed by atoms with Crippen LogP contribution in [-0.2, 0) is 16.0 Å². The Hall–Kier alpha value is -3.63. The van der Waals surface area contributed by atoms with Crippen LogP contribution in [0.25, 0.3) is 0 Å². The summed E-state index contributed by atoms with van der Waals surface area (Å²) in [4.78, 5) is 34.4. The van der Waals surface area contributed by atoms with E-state index in [4.69, 9.17) is 24.9 Å². The number of carbonyl (C=O) groups excluding carboxylic acids is 2. The molecule has 10 heteroatoms. The predicted octanol–water partition coefficient (Wildman–Crippen LogP) is 3.81. The lowest BCUT2D eigenvalue weighted by molar-refractivity contribution is -0.133. The minimum atomic E-state index is -0.982. The number of aliphatic imine (C=N–C) groups is 1. The van der Waals surface area contributed by atoms with Crippen LogP contribution in [0.5, 0.6) is 11.5 Å². The van der Waals surface area contributed by atoms with Crippen molar-refractivity contribution in [3.63, 3.8) is 0 Å². The number of aliphatic hydroxyl groups is 1. The number of methoxy groups -OCH3 is 1. The number of fused-ring (bicyclic) bond motifs is 5. The van der Waals surface area contributed by atoms with Gasteiger partial charge in [-0.2, -0.15) is 0 Å². The topological polar surface area (TPSA) is 136 Å². The van der Waals surface area contributed by atoms with Crippen LogP contribution in [0.2, 0.25) is 0 Å². The molecule has 43 heavy (non-hydrogen) atoms. The summed E-state index contributed by atoms with van der Waals surface area (Å²) in [7, 11) is 1.61. The monoisotopic (exact) mass is 590 g/mol. The lowest BCUT2D eigenvalue weighted by atomic mass is 9.82. The molecule has 5 aliphatic rings. The van der Waals surface area contributed by atoms with Gasteiger partial charge in [-0.3, -0.25) is 14.5 Å². The number of benzene rings is 2. The summed E-state index contributed by atoms with van der Waals surface area (Å²) in [6.07, 6.45) is 3.31. The fourth-order valence-electron chi connectivity index (χ4n) is 7.12. The van der Waals surface area contributed by atoms with E-state index in [1.807, 2.05) is 32.0 Å². The second-order valence-electron chi connectivity index (χ2n) is 12.9. The highest BCUT2D eigenvalue weighted by molar-refractivity contribution is 6.00. The molecule has 230 valence electrons. The van der Waals surface area contributed by atoms with Crippen LogP contribution in [0.1, 0.15) is 92.0 Å². The number of nitrogens with one attached hydrogen (secondary N) is 1. The van der Waals surface area contributed by atoms with E-state index in [1.54, 1.807) is 30.2 Å². The average Bonchev–Trinajstić information content (AvgIpc) is 2.97. The second kappa shape index (κ2) is 11.1. The van der Waals surface area contributed by atoms with Gasteiger partial charge in [0.15, 0.2) is 5.96 Å². The SMILES string of the molecule is CC[C@@]12CCCCc3ccc4c(c3)[C@@H](NC(=O)c3ccc5c(c3)[C@@H]([C@@H](COC)CO5)N(C(=O)C1)C(N)=N2)[C@H](O)C(C)(C)O4. The van der Waals surface area contributed by atoms with E-state index < -0.39 is 29.3 Å². The number of nitrogens with zero attached hydrogens (tertiary/aromatic N) is 2. The predicted molar refractivity (Wildman–Crippen MR) is 161 cm³/mol. The summed E-state index contributed by atoms with van der Waals surface area (Å²) >= 11 is 0. The van der Waals surface area contributed by atoms with Crippen molar-refractivity contribution in [1.29, 1.82) is 0 Å². The van der Waals surface area contributed by atoms with Crippen LogP contribution in [-0.4, -0.2) is 65.3 Å². The van der Waals surface area contributed by atoms with E-state index in [2.05, 4.69) is 12.2 Å². The normalized spacial score (nSPS) is 29.9. The Morgan fingerprint density at radius 1 is 1.14 bits per heavy atom. The molecule has 5 aliphatic heterocycles. The van der Waals surface area contributed by atoms with Crippen LogP contribution in [0.3, 0.4) is 0 Å². The maximum atomic E-state index is 14.0. The molecule has 4 N–H and O–H groups in total. The molecule has 0 saturated heterocycles. The van der Waals surface area contributed by atoms with E-state index in [0.717, 1.165) is 36.8 Å². The highest BCUT2D eigenvalue weighted by Gasteiger charge is 2.47. The number of hydrogen-bond donors (Lipinski definition) is 3. The minimum Gasteiger partial charge on any atom is -0.493 e. The van der Waals surface area contributed by atoms with Crippen molar-refractivity contribution in [2.75, 3.05) is 20.3 Å². The Bertz CT molecular complexity index is 1460. The van der Waals surface area contributed by atoms with E-state index in [9.17, 15) is 14.7 Å². The van der Waals surface area contributed by atoms with Gasteiger partial charge in [-0.1, -0.05) is 19.4 Å². The van der Waals surface area contributed by atoms with Crippen molar-refractivity contribution in [2.45, 2.75) is 88.6 Å². The van der Waals surface area contributed by atoms with Crippen LogP contribution >= 0.6 is 0 Å². The number of nitrogens with two attached hydrogens (primary N) is 1. The molecular formula is C33H42N4O6. The number of carbonyl (C=O) groups is 2. The van der Waals surface area contributed by atoms with Gasteiger partial charge in [0.1, 0.15) is 23.2 Å². The van der Waals surface area contributed by atoms with Crippen molar-refractivity contribution >= 4 is 17.8 Å². The summed E-state index contributed by atoms with van der Waals surface area (Å²) in [5, 5.41) is 14.5. The summed E-state index contributed by atoms with van der Waals surface area (Å²) in [5.74, 6) is 0.762. The number of hydrogen-bond acceptors (Lipinski definition) is 8. The largest absolute Gasteiger partial charge is 0.493 e. The first-order valence-corrected chi connectivity index (χ1v) is 15.3. The fourth-order valence-corrected chi connectivity index (χ4v) is 7.12. The smallest absolute Gasteiger partial charge is 0.251 e. The number of aliphatic hydroxyl groups excluding tert-OH is 1. The highest BCUT2D eigenvalue weighted by Crippen LogP contribution is 2.44. The third kappa shape index (κ3) is 5.25. The number of rotatable bonds is 3. The standard InChI is InChI=1S/C33H42N4O6/c1-5-33-13-7-6-8-19-9-11-25-22(14-19)27(29(39)32(2,3)43-25)35-30(40)20-10-12-24-23(15-20)28(21(17-41-4)18-42-24)37(26(38)16-33)31(34)36-33/h9-12,14-15,21,27-29,39H,5-8,13,16-18H2,1-4H3,(H2,34,36)(H,35,40)/t21-,27+,28+,29-,33+/m0/s1. The fraction of sp³-hybridized carbons (Fsp3) is 0.545. The van der Waals surface area contributed by atoms with Gasteiger partial charge in [0.25, 0.3) is 5.91 Å². The highest BCUT2D eigenvalue weighted by atomic mass is 16.5. The van der Waals surface area contributed by atoms with Gasteiger partial charge >= 0.3 is 0 Å². The van der Waals surface area contributed by atoms with E-state index in [0.29, 0.717) is 42.3 Å². The van der Waals surface area contributed by atoms with Gasteiger partial charge in [0.2, 0.25) is 5.91 Å². The Morgan fingerprint density at radius 3 is 2.67 bits per heavy atom. The molecule has 0 aliphatic carbocycles. The van der Waals surface area contributed by atoms with Gasteiger partial charge < -0.3 is 30.4 Å². The van der Waals surface area contributed by atoms with E-state index in [1.165, 1.54) is 0 Å². The summed E-state index contributed by atoms with van der Waals surface area (Å²) < 4.78 is 17.8. The van der Waals surface area contributed by atoms with Crippen LogP contribution in [0.15, 0.2) is 41.4 Å². The minimum absolute atomic E-state index is 0.0861. The quantitative estimate of drug-likeness (QED) is 0.495. The first-order valence-electron chi connectivity index (χ1n) is 15.3. The Balaban J connectivity index is 1.48. The molecule has 0 aromatic heterocycles. The molecular weight excluding hydrogens is 548 g/mol. The summed E-state index contributed by atoms with van der Waals surface area (Å²) in [5.41, 5.74) is 8.08. The lowest BCUT2D eigenvalue weighted by Gasteiger charge is -2.44. The first kappa shape index (κ1) is 29.4. The van der Waals surface area contributed by atoms with Gasteiger partial charge in [-0.25, -0.2) is 4.99 Å². The Morgan fingerprint density at radius 2 is 1.93 bits per heavy atom.